The third-order valence-electron chi connectivity index (χ3n) is 26.1. The Bertz CT molecular complexity index is 6560. The molecule has 0 amide bonds. The molecule has 0 aromatic heterocycles. The van der Waals surface area contributed by atoms with E-state index in [1.807, 2.05) is 0 Å². The van der Waals surface area contributed by atoms with Crippen molar-refractivity contribution in [2.75, 3.05) is 19.6 Å². The second-order valence-electron chi connectivity index (χ2n) is 34.0. The quantitative estimate of drug-likeness (QED) is 0.0893. The molecule has 5 aliphatic rings. The lowest BCUT2D eigenvalue weighted by Crippen LogP contribution is -2.19. The Morgan fingerprint density at radius 1 is 0.144 bits per heavy atom. The summed E-state index contributed by atoms with van der Waals surface area (Å²) < 4.78 is 0. The second kappa shape index (κ2) is 24.1. The molecule has 534 valence electrons. The molecule has 0 saturated carbocycles. The summed E-state index contributed by atoms with van der Waals surface area (Å²) in [5.74, 6) is 0. The maximum absolute atomic E-state index is 2.63. The Balaban J connectivity index is 0.870. The Kier molecular flexibility index (Phi) is 14.4. The van der Waals surface area contributed by atoms with Crippen molar-refractivity contribution in [1.82, 2.24) is 0 Å². The van der Waals surface area contributed by atoms with Gasteiger partial charge in [0.05, 0.1) is 11.4 Å². The largest absolute Gasteiger partial charge is 0.310 e. The Morgan fingerprint density at radius 2 is 0.360 bits per heavy atom. The van der Waals surface area contributed by atoms with Crippen LogP contribution >= 0.6 is 0 Å². The molecular weight excluding hydrogens is 1340 g/mol. The van der Waals surface area contributed by atoms with Crippen molar-refractivity contribution in [3.8, 4) is 55.6 Å². The molecule has 0 saturated heterocycles. The standard InChI is InChI=1S/C107H86N4/c1-103(2)91-43-27-23-39-77(91)81-53-47-72(60-95(81)103)108(67-31-15-11-16-32-67)71-52-58-86-88(59-71)102(111(70-37-21-14-22-38-70)76-51-56-84-80-42-26-30-46-94(80)106(7,8)98(84)64-76)89-65-87-85-57-49-74(109(68-33-17-12-18-34-68)73-48-54-82-78-40-24-28-44-92(78)104(3,4)96(82)61-73)62-99(85)107(9,10)100(87)66-90(89)101(86)110(69-35-19-13-20-36-69)75-50-55-83-79-41-25-29-45-93(79)105(5,6)97(83)63-75/h11-66H,1-10H3. The van der Waals surface area contributed by atoms with E-state index >= 15 is 0 Å². The van der Waals surface area contributed by atoms with Gasteiger partial charge in [-0.1, -0.05) is 275 Å². The third-order valence-corrected chi connectivity index (χ3v) is 26.1. The van der Waals surface area contributed by atoms with Gasteiger partial charge in [-0.3, -0.25) is 0 Å². The van der Waals surface area contributed by atoms with Crippen molar-refractivity contribution in [1.29, 1.82) is 0 Å². The number of hydrogen-bond donors (Lipinski definition) is 0. The lowest BCUT2D eigenvalue weighted by atomic mass is 9.81. The van der Waals surface area contributed by atoms with Crippen molar-refractivity contribution >= 4 is 89.8 Å². The minimum Gasteiger partial charge on any atom is -0.310 e. The van der Waals surface area contributed by atoms with Gasteiger partial charge in [0.1, 0.15) is 0 Å². The van der Waals surface area contributed by atoms with Gasteiger partial charge in [-0.2, -0.15) is 0 Å². The van der Waals surface area contributed by atoms with Crippen molar-refractivity contribution in [3.05, 3.63) is 395 Å². The second-order valence-corrected chi connectivity index (χ2v) is 34.0. The molecule has 16 aromatic rings. The fourth-order valence-corrected chi connectivity index (χ4v) is 20.5. The highest BCUT2D eigenvalue weighted by atomic mass is 15.2. The van der Waals surface area contributed by atoms with Crippen LogP contribution < -0.4 is 19.6 Å². The molecule has 4 heteroatoms. The summed E-state index contributed by atoms with van der Waals surface area (Å²) in [5.41, 5.74) is 37.9. The Labute approximate surface area is 652 Å². The van der Waals surface area contributed by atoms with E-state index in [1.165, 1.54) is 111 Å². The average Bonchev–Trinajstić information content (AvgIpc) is 1.69. The zero-order valence-corrected chi connectivity index (χ0v) is 64.6. The fraction of sp³-hybridized carbons (Fsp3) is 0.140. The average molecular weight is 1430 g/mol. The molecule has 4 nitrogen and oxygen atoms in total. The molecule has 0 unspecified atom stereocenters. The lowest BCUT2D eigenvalue weighted by Gasteiger charge is -2.35. The van der Waals surface area contributed by atoms with Crippen LogP contribution in [0.3, 0.4) is 0 Å². The number of nitrogens with zero attached hydrogens (tertiary/aromatic N) is 4. The molecule has 0 radical (unpaired) electrons. The predicted octanol–water partition coefficient (Wildman–Crippen LogP) is 29.4. The molecule has 16 aromatic carbocycles. The molecule has 0 spiro atoms. The summed E-state index contributed by atoms with van der Waals surface area (Å²) in [6.07, 6.45) is 0. The highest BCUT2D eigenvalue weighted by Crippen LogP contribution is 2.62. The molecule has 111 heavy (non-hydrogen) atoms. The topological polar surface area (TPSA) is 13.0 Å². The maximum Gasteiger partial charge on any atom is 0.0620 e. The van der Waals surface area contributed by atoms with Crippen LogP contribution in [-0.4, -0.2) is 0 Å². The lowest BCUT2D eigenvalue weighted by molar-refractivity contribution is 0.660. The predicted molar refractivity (Wildman–Crippen MR) is 468 cm³/mol. The highest BCUT2D eigenvalue weighted by molar-refractivity contribution is 6.25. The van der Waals surface area contributed by atoms with Gasteiger partial charge in [0.15, 0.2) is 0 Å². The van der Waals surface area contributed by atoms with Crippen LogP contribution in [0.2, 0.25) is 0 Å². The van der Waals surface area contributed by atoms with E-state index < -0.39 is 5.41 Å². The van der Waals surface area contributed by atoms with Crippen LogP contribution in [0.4, 0.5) is 68.2 Å². The molecule has 0 heterocycles. The minimum absolute atomic E-state index is 0.176. The summed E-state index contributed by atoms with van der Waals surface area (Å²) in [4.78, 5) is 10.2. The molecule has 0 bridgehead atoms. The summed E-state index contributed by atoms with van der Waals surface area (Å²) in [6.45, 7) is 24.1. The zero-order valence-electron chi connectivity index (χ0n) is 64.6. The molecular formula is C107H86N4. The molecule has 0 aliphatic heterocycles. The number of para-hydroxylation sites is 4. The number of anilines is 12. The van der Waals surface area contributed by atoms with E-state index in [4.69, 9.17) is 0 Å². The van der Waals surface area contributed by atoms with Crippen molar-refractivity contribution in [3.63, 3.8) is 0 Å². The third kappa shape index (κ3) is 9.72. The van der Waals surface area contributed by atoms with Crippen LogP contribution in [0.25, 0.3) is 77.2 Å². The van der Waals surface area contributed by atoms with Crippen LogP contribution in [0.1, 0.15) is 125 Å². The first-order valence-corrected chi connectivity index (χ1v) is 39.5. The number of fused-ring (bicyclic) bond motifs is 17. The SMILES string of the molecule is CC1(C)c2ccccc2-c2ccc(N(c3ccccc3)c3ccc4c(c3)C(C)(C)c3cc5c(N(c6ccccc6)c6ccc7c(c6)C(C)(C)c6ccccc6-7)c6ccc(N(c7ccccc7)c7ccc8c(c7)C(C)(C)c7ccccc7-8)cc6c(N(c6ccccc6)c6ccc7c(c6)C(C)(C)c6ccccc6-7)c5cc3-4)cc21. The monoisotopic (exact) mass is 1430 g/mol. The molecule has 21 rings (SSSR count). The summed E-state index contributed by atoms with van der Waals surface area (Å²) in [7, 11) is 0. The van der Waals surface area contributed by atoms with Crippen LogP contribution in [0.5, 0.6) is 0 Å². The van der Waals surface area contributed by atoms with Crippen molar-refractivity contribution in [2.24, 2.45) is 0 Å². The molecule has 0 atom stereocenters. The Hall–Kier alpha value is -12.8. The van der Waals surface area contributed by atoms with Crippen LogP contribution in [0, 0.1) is 0 Å². The number of benzene rings is 16. The van der Waals surface area contributed by atoms with Gasteiger partial charge < -0.3 is 19.6 Å². The van der Waals surface area contributed by atoms with Gasteiger partial charge in [-0.15, -0.1) is 0 Å². The first-order chi connectivity index (χ1) is 53.8. The van der Waals surface area contributed by atoms with Crippen LogP contribution in [0.15, 0.2) is 340 Å². The van der Waals surface area contributed by atoms with E-state index in [-0.39, 0.29) is 21.7 Å². The smallest absolute Gasteiger partial charge is 0.0620 e. The summed E-state index contributed by atoms with van der Waals surface area (Å²) in [5, 5.41) is 4.52. The van der Waals surface area contributed by atoms with Gasteiger partial charge in [0, 0.05) is 105 Å². The normalized spacial score (nSPS) is 15.1. The van der Waals surface area contributed by atoms with Gasteiger partial charge in [0.25, 0.3) is 0 Å². The number of rotatable bonds is 12. The zero-order chi connectivity index (χ0) is 75.2. The summed E-state index contributed by atoms with van der Waals surface area (Å²) >= 11 is 0. The Morgan fingerprint density at radius 3 is 0.694 bits per heavy atom. The first kappa shape index (κ1) is 66.4. The van der Waals surface area contributed by atoms with Gasteiger partial charge in [-0.05, 0) is 245 Å². The van der Waals surface area contributed by atoms with Crippen molar-refractivity contribution < 1.29 is 0 Å². The van der Waals surface area contributed by atoms with Gasteiger partial charge >= 0.3 is 0 Å². The number of hydrogen-bond acceptors (Lipinski definition) is 4. The highest BCUT2D eigenvalue weighted by Gasteiger charge is 2.43. The van der Waals surface area contributed by atoms with Gasteiger partial charge in [0.2, 0.25) is 0 Å². The van der Waals surface area contributed by atoms with E-state index in [0.29, 0.717) is 0 Å². The fourth-order valence-electron chi connectivity index (χ4n) is 20.5. The minimum atomic E-state index is -0.475. The molecule has 0 N–H and O–H groups in total. The van der Waals surface area contributed by atoms with E-state index in [9.17, 15) is 0 Å². The maximum atomic E-state index is 2.63. The van der Waals surface area contributed by atoms with E-state index in [2.05, 4.69) is 429 Å². The van der Waals surface area contributed by atoms with Crippen LogP contribution in [-0.2, 0) is 27.1 Å². The van der Waals surface area contributed by atoms with E-state index in [1.54, 1.807) is 0 Å². The molecule has 5 aliphatic carbocycles. The van der Waals surface area contributed by atoms with E-state index in [0.717, 1.165) is 89.8 Å². The van der Waals surface area contributed by atoms with Gasteiger partial charge in [-0.25, -0.2) is 0 Å². The van der Waals surface area contributed by atoms with Crippen molar-refractivity contribution in [2.45, 2.75) is 96.3 Å². The molecule has 0 fully saturated rings. The summed E-state index contributed by atoms with van der Waals surface area (Å²) in [6, 6.07) is 129. The first-order valence-electron chi connectivity index (χ1n) is 39.5.